The molecule has 1 N–H and O–H groups in total. The highest BCUT2D eigenvalue weighted by molar-refractivity contribution is 6.05. The van der Waals surface area contributed by atoms with Crippen LogP contribution < -0.4 is 10.1 Å². The van der Waals surface area contributed by atoms with Gasteiger partial charge in [-0.2, -0.15) is 0 Å². The van der Waals surface area contributed by atoms with E-state index in [1.54, 1.807) is 18.2 Å². The molecule has 3 heterocycles. The van der Waals surface area contributed by atoms with E-state index in [-0.39, 0.29) is 19.4 Å². The quantitative estimate of drug-likeness (QED) is 0.676. The van der Waals surface area contributed by atoms with Crippen molar-refractivity contribution in [3.63, 3.8) is 0 Å². The summed E-state index contributed by atoms with van der Waals surface area (Å²) in [7, 11) is 0. The van der Waals surface area contributed by atoms with Crippen molar-refractivity contribution < 1.29 is 25.2 Å². The van der Waals surface area contributed by atoms with Gasteiger partial charge in [-0.25, -0.2) is 0 Å². The van der Waals surface area contributed by atoms with E-state index in [1.807, 2.05) is 12.1 Å². The molecule has 3 aliphatic rings. The number of rotatable bonds is 6. The fourth-order valence-electron chi connectivity index (χ4n) is 4.44. The SMILES string of the molecule is [2H][C@@]1(N2Cc3c(OCc4ccc(CN5CCOCC5)cc4)cccc3C2=O)CCC(=O)NC1=O. The molecule has 2 saturated heterocycles. The fourth-order valence-corrected chi connectivity index (χ4v) is 4.44. The molecule has 0 bridgehead atoms. The lowest BCUT2D eigenvalue weighted by Gasteiger charge is -2.29. The third-order valence-electron chi connectivity index (χ3n) is 6.28. The number of morpholine rings is 1. The van der Waals surface area contributed by atoms with Crippen LogP contribution in [0.4, 0.5) is 0 Å². The lowest BCUT2D eigenvalue weighted by Crippen LogP contribution is -2.52. The summed E-state index contributed by atoms with van der Waals surface area (Å²) in [6.07, 6.45) is 0.00461. The van der Waals surface area contributed by atoms with Gasteiger partial charge in [0.25, 0.3) is 5.91 Å². The highest BCUT2D eigenvalue weighted by Gasteiger charge is 2.40. The number of fused-ring (bicyclic) bond motifs is 1. The predicted octanol–water partition coefficient (Wildman–Crippen LogP) is 1.86. The van der Waals surface area contributed by atoms with Crippen LogP contribution in [-0.4, -0.2) is 59.8 Å². The van der Waals surface area contributed by atoms with E-state index in [0.29, 0.717) is 23.5 Å². The molecule has 172 valence electrons. The maximum atomic E-state index is 13.0. The van der Waals surface area contributed by atoms with E-state index >= 15 is 0 Å². The van der Waals surface area contributed by atoms with Crippen LogP contribution in [-0.2, 0) is 34.0 Å². The van der Waals surface area contributed by atoms with Gasteiger partial charge < -0.3 is 14.4 Å². The maximum absolute atomic E-state index is 13.0. The summed E-state index contributed by atoms with van der Waals surface area (Å²) in [5.41, 5.74) is 3.33. The predicted molar refractivity (Wildman–Crippen MR) is 119 cm³/mol. The Morgan fingerprint density at radius 2 is 1.82 bits per heavy atom. The molecule has 2 aromatic carbocycles. The first-order chi connectivity index (χ1) is 16.4. The topological polar surface area (TPSA) is 88.2 Å². The van der Waals surface area contributed by atoms with E-state index in [9.17, 15) is 14.4 Å². The smallest absolute Gasteiger partial charge is 0.255 e. The van der Waals surface area contributed by atoms with E-state index < -0.39 is 23.7 Å². The summed E-state index contributed by atoms with van der Waals surface area (Å²) in [5.74, 6) is -1.02. The molecular weight excluding hydrogens is 422 g/mol. The van der Waals surface area contributed by atoms with Crippen LogP contribution in [0, 0.1) is 0 Å². The van der Waals surface area contributed by atoms with Crippen molar-refractivity contribution in [2.75, 3.05) is 26.3 Å². The molecule has 3 aliphatic heterocycles. The van der Waals surface area contributed by atoms with Gasteiger partial charge in [0.05, 0.1) is 21.1 Å². The average molecular weight is 451 g/mol. The third kappa shape index (κ3) is 4.62. The first kappa shape index (κ1) is 20.4. The molecular formula is C25H27N3O5. The van der Waals surface area contributed by atoms with Crippen molar-refractivity contribution in [2.45, 2.75) is 38.6 Å². The number of piperidine rings is 1. The lowest BCUT2D eigenvalue weighted by molar-refractivity contribution is -0.136. The number of carbonyl (C=O) groups excluding carboxylic acids is 3. The standard InChI is InChI=1S/C25H27N3O5/c29-23-9-8-21(24(30)26-23)28-15-20-19(25(28)31)2-1-3-22(20)33-16-18-6-4-17(5-7-18)14-27-10-12-32-13-11-27/h1-7,21H,8-16H2,(H,26,29,30)/t21-/m1/s1/i21D. The highest BCUT2D eigenvalue weighted by atomic mass is 16.5. The van der Waals surface area contributed by atoms with E-state index in [0.717, 1.165) is 38.4 Å². The molecule has 0 aromatic heterocycles. The Bertz CT molecular complexity index is 1120. The number of amides is 3. The van der Waals surface area contributed by atoms with Crippen molar-refractivity contribution in [3.05, 3.63) is 64.7 Å². The number of hydrogen-bond donors (Lipinski definition) is 1. The molecule has 5 rings (SSSR count). The zero-order valence-electron chi connectivity index (χ0n) is 19.3. The number of ether oxygens (including phenoxy) is 2. The van der Waals surface area contributed by atoms with Gasteiger partial charge in [-0.3, -0.25) is 24.6 Å². The monoisotopic (exact) mass is 450 g/mol. The van der Waals surface area contributed by atoms with Crippen molar-refractivity contribution in [1.29, 1.82) is 0 Å². The molecule has 2 aromatic rings. The Morgan fingerprint density at radius 1 is 1.06 bits per heavy atom. The minimum absolute atomic E-state index is 0.0234. The van der Waals surface area contributed by atoms with Crippen LogP contribution in [0.1, 0.15) is 41.3 Å². The first-order valence-electron chi connectivity index (χ1n) is 11.7. The molecule has 3 amide bonds. The minimum Gasteiger partial charge on any atom is -0.489 e. The second-order valence-corrected chi connectivity index (χ2v) is 8.49. The Labute approximate surface area is 193 Å². The Hall–Kier alpha value is -3.23. The van der Waals surface area contributed by atoms with Gasteiger partial charge in [0.15, 0.2) is 0 Å². The summed E-state index contributed by atoms with van der Waals surface area (Å²) >= 11 is 0. The molecule has 0 unspecified atom stereocenters. The van der Waals surface area contributed by atoms with Crippen molar-refractivity contribution >= 4 is 17.7 Å². The average Bonchev–Trinajstić information content (AvgIpc) is 3.20. The Morgan fingerprint density at radius 3 is 2.58 bits per heavy atom. The van der Waals surface area contributed by atoms with Gasteiger partial charge in [0.2, 0.25) is 11.8 Å². The van der Waals surface area contributed by atoms with Gasteiger partial charge in [-0.15, -0.1) is 0 Å². The number of benzene rings is 2. The second-order valence-electron chi connectivity index (χ2n) is 8.49. The van der Waals surface area contributed by atoms with E-state index in [2.05, 4.69) is 22.3 Å². The maximum Gasteiger partial charge on any atom is 0.255 e. The molecule has 2 fully saturated rings. The van der Waals surface area contributed by atoms with Crippen molar-refractivity contribution in [2.24, 2.45) is 0 Å². The zero-order chi connectivity index (χ0) is 23.7. The van der Waals surface area contributed by atoms with Crippen LogP contribution >= 0.6 is 0 Å². The van der Waals surface area contributed by atoms with Crippen LogP contribution in [0.2, 0.25) is 0 Å². The van der Waals surface area contributed by atoms with Crippen LogP contribution in [0.25, 0.3) is 0 Å². The van der Waals surface area contributed by atoms with Gasteiger partial charge >= 0.3 is 0 Å². The first-order valence-corrected chi connectivity index (χ1v) is 11.2. The van der Waals surface area contributed by atoms with Gasteiger partial charge in [-0.1, -0.05) is 30.3 Å². The number of carbonyl (C=O) groups is 3. The molecule has 0 aliphatic carbocycles. The Kier molecular flexibility index (Phi) is 5.76. The largest absolute Gasteiger partial charge is 0.489 e. The van der Waals surface area contributed by atoms with Gasteiger partial charge in [0, 0.05) is 37.2 Å². The zero-order valence-corrected chi connectivity index (χ0v) is 18.3. The molecule has 33 heavy (non-hydrogen) atoms. The fraction of sp³-hybridized carbons (Fsp3) is 0.400. The summed E-state index contributed by atoms with van der Waals surface area (Å²) in [6.45, 7) is 4.75. The normalized spacial score (nSPS) is 23.8. The second kappa shape index (κ2) is 9.33. The number of imide groups is 1. The molecule has 1 atom stereocenters. The molecule has 0 spiro atoms. The molecule has 0 radical (unpaired) electrons. The molecule has 0 saturated carbocycles. The molecule has 8 heteroatoms. The summed E-state index contributed by atoms with van der Waals surface area (Å²) < 4.78 is 20.1. The number of nitrogens with one attached hydrogen (secondary N) is 1. The van der Waals surface area contributed by atoms with Gasteiger partial charge in [-0.05, 0) is 29.7 Å². The molecule has 8 nitrogen and oxygen atoms in total. The summed E-state index contributed by atoms with van der Waals surface area (Å²) in [5, 5.41) is 2.19. The summed E-state index contributed by atoms with van der Waals surface area (Å²) in [6, 6.07) is 11.7. The van der Waals surface area contributed by atoms with E-state index in [1.165, 1.54) is 10.5 Å². The summed E-state index contributed by atoms with van der Waals surface area (Å²) in [4.78, 5) is 40.6. The van der Waals surface area contributed by atoms with E-state index in [4.69, 9.17) is 10.8 Å². The van der Waals surface area contributed by atoms with Crippen LogP contribution in [0.5, 0.6) is 5.75 Å². The van der Waals surface area contributed by atoms with Crippen molar-refractivity contribution in [3.8, 4) is 5.75 Å². The number of hydrogen-bond acceptors (Lipinski definition) is 6. The third-order valence-corrected chi connectivity index (χ3v) is 6.28. The lowest BCUT2D eigenvalue weighted by atomic mass is 10.0. The van der Waals surface area contributed by atoms with Crippen molar-refractivity contribution in [1.82, 2.24) is 15.1 Å². The van der Waals surface area contributed by atoms with Crippen LogP contribution in [0.3, 0.4) is 0 Å². The Balaban J connectivity index is 1.25. The van der Waals surface area contributed by atoms with Gasteiger partial charge in [0.1, 0.15) is 18.4 Å². The minimum atomic E-state index is -1.81. The van der Waals surface area contributed by atoms with Crippen LogP contribution in [0.15, 0.2) is 42.5 Å². The number of nitrogens with zero attached hydrogens (tertiary/aromatic N) is 2. The highest BCUT2D eigenvalue weighted by Crippen LogP contribution is 2.34.